The average molecular weight is 261 g/mol. The number of rotatable bonds is 5. The van der Waals surface area contributed by atoms with Crippen molar-refractivity contribution in [2.24, 2.45) is 5.92 Å². The number of hydrogen-bond acceptors (Lipinski definition) is 2. The number of likely N-dealkylation sites (tertiary alicyclic amines) is 1. The maximum Gasteiger partial charge on any atom is 0.0537 e. The van der Waals surface area contributed by atoms with Crippen molar-refractivity contribution >= 4 is 0 Å². The maximum absolute atomic E-state index is 9.90. The number of nitrogens with zero attached hydrogens (tertiary/aromatic N) is 1. The summed E-state index contributed by atoms with van der Waals surface area (Å²) in [6, 6.07) is 11.1. The summed E-state index contributed by atoms with van der Waals surface area (Å²) in [5, 5.41) is 9.90. The predicted molar refractivity (Wildman–Crippen MR) is 80.3 cm³/mol. The molecule has 0 spiro atoms. The van der Waals surface area contributed by atoms with E-state index in [1.54, 1.807) is 0 Å². The molecule has 2 heteroatoms. The van der Waals surface area contributed by atoms with Gasteiger partial charge in [-0.3, -0.25) is 4.90 Å². The van der Waals surface area contributed by atoms with Gasteiger partial charge in [0, 0.05) is 18.0 Å². The Balaban J connectivity index is 2.14. The van der Waals surface area contributed by atoms with Gasteiger partial charge in [-0.05, 0) is 30.9 Å². The van der Waals surface area contributed by atoms with E-state index in [0.29, 0.717) is 12.0 Å². The Morgan fingerprint density at radius 2 is 2.00 bits per heavy atom. The molecule has 1 aromatic rings. The lowest BCUT2D eigenvalue weighted by Crippen LogP contribution is -2.45. The molecule has 0 amide bonds. The molecular weight excluding hydrogens is 234 g/mol. The summed E-state index contributed by atoms with van der Waals surface area (Å²) in [5.41, 5.74) is 1.09. The highest BCUT2D eigenvalue weighted by atomic mass is 16.3. The molecule has 0 bridgehead atoms. The number of aliphatic hydroxyl groups excluding tert-OH is 1. The Hall–Kier alpha value is -0.860. The van der Waals surface area contributed by atoms with E-state index in [1.807, 2.05) is 6.07 Å². The van der Waals surface area contributed by atoms with E-state index in [2.05, 4.69) is 49.9 Å². The predicted octanol–water partition coefficient (Wildman–Crippen LogP) is 3.06. The number of hydrogen-bond donors (Lipinski definition) is 1. The van der Waals surface area contributed by atoms with E-state index >= 15 is 0 Å². The smallest absolute Gasteiger partial charge is 0.0537 e. The molecule has 19 heavy (non-hydrogen) atoms. The van der Waals surface area contributed by atoms with Crippen LogP contribution >= 0.6 is 0 Å². The van der Waals surface area contributed by atoms with E-state index in [0.717, 1.165) is 6.54 Å². The zero-order chi connectivity index (χ0) is 13.9. The van der Waals surface area contributed by atoms with Crippen LogP contribution in [-0.4, -0.2) is 35.7 Å². The van der Waals surface area contributed by atoms with Crippen LogP contribution in [0.3, 0.4) is 0 Å². The van der Waals surface area contributed by atoms with E-state index in [1.165, 1.54) is 24.9 Å². The summed E-state index contributed by atoms with van der Waals surface area (Å²) < 4.78 is 0. The zero-order valence-electron chi connectivity index (χ0n) is 12.5. The summed E-state index contributed by atoms with van der Waals surface area (Å²) in [5.74, 6) is 0.696. The van der Waals surface area contributed by atoms with Crippen molar-refractivity contribution in [1.29, 1.82) is 0 Å². The number of benzene rings is 1. The first-order valence-corrected chi connectivity index (χ1v) is 7.47. The molecule has 106 valence electrons. The topological polar surface area (TPSA) is 23.5 Å². The summed E-state index contributed by atoms with van der Waals surface area (Å²) >= 11 is 0. The van der Waals surface area contributed by atoms with Gasteiger partial charge >= 0.3 is 0 Å². The quantitative estimate of drug-likeness (QED) is 0.880. The van der Waals surface area contributed by atoms with Crippen LogP contribution in [0.1, 0.15) is 39.2 Å². The van der Waals surface area contributed by atoms with Crippen LogP contribution in [0, 0.1) is 5.92 Å². The van der Waals surface area contributed by atoms with Crippen molar-refractivity contribution < 1.29 is 5.11 Å². The first-order valence-electron chi connectivity index (χ1n) is 7.47. The molecule has 2 rings (SSSR count). The molecule has 1 aliphatic heterocycles. The van der Waals surface area contributed by atoms with Crippen LogP contribution < -0.4 is 0 Å². The lowest BCUT2D eigenvalue weighted by Gasteiger charge is -2.37. The third kappa shape index (κ3) is 3.18. The molecule has 0 radical (unpaired) electrons. The van der Waals surface area contributed by atoms with E-state index in [-0.39, 0.29) is 12.0 Å². The highest BCUT2D eigenvalue weighted by molar-refractivity contribution is 5.25. The lowest BCUT2D eigenvalue weighted by molar-refractivity contribution is 0.121. The average Bonchev–Trinajstić information content (AvgIpc) is 2.87. The number of aliphatic hydroxyl groups is 1. The highest BCUT2D eigenvalue weighted by Gasteiger charge is 2.34. The first kappa shape index (κ1) is 14.5. The van der Waals surface area contributed by atoms with Gasteiger partial charge in [0.2, 0.25) is 0 Å². The molecule has 1 aliphatic rings. The van der Waals surface area contributed by atoms with Gasteiger partial charge in [0.25, 0.3) is 0 Å². The molecule has 1 N–H and O–H groups in total. The third-order valence-corrected chi connectivity index (χ3v) is 4.56. The summed E-state index contributed by atoms with van der Waals surface area (Å²) in [6.45, 7) is 9.13. The van der Waals surface area contributed by atoms with Crippen molar-refractivity contribution in [2.75, 3.05) is 19.7 Å². The Kier molecular flexibility index (Phi) is 4.64. The van der Waals surface area contributed by atoms with E-state index in [4.69, 9.17) is 0 Å². The van der Waals surface area contributed by atoms with Crippen LogP contribution in [0.5, 0.6) is 0 Å². The van der Waals surface area contributed by atoms with Crippen LogP contribution in [0.25, 0.3) is 0 Å². The van der Waals surface area contributed by atoms with Crippen molar-refractivity contribution in [3.8, 4) is 0 Å². The molecule has 0 aliphatic carbocycles. The Bertz CT molecular complexity index is 390. The zero-order valence-corrected chi connectivity index (χ0v) is 12.5. The maximum atomic E-state index is 9.90. The van der Waals surface area contributed by atoms with Gasteiger partial charge in [0.1, 0.15) is 0 Å². The molecule has 1 aromatic carbocycles. The van der Waals surface area contributed by atoms with Crippen molar-refractivity contribution in [2.45, 2.75) is 45.1 Å². The van der Waals surface area contributed by atoms with Gasteiger partial charge in [-0.1, -0.05) is 51.1 Å². The van der Waals surface area contributed by atoms with Gasteiger partial charge < -0.3 is 5.11 Å². The van der Waals surface area contributed by atoms with Crippen LogP contribution in [0.2, 0.25) is 0 Å². The monoisotopic (exact) mass is 261 g/mol. The van der Waals surface area contributed by atoms with Crippen LogP contribution in [0.4, 0.5) is 0 Å². The van der Waals surface area contributed by atoms with Crippen LogP contribution in [-0.2, 0) is 5.41 Å². The lowest BCUT2D eigenvalue weighted by atomic mass is 9.82. The normalized spacial score (nSPS) is 23.7. The molecule has 0 aromatic heterocycles. The molecule has 2 atom stereocenters. The van der Waals surface area contributed by atoms with Crippen molar-refractivity contribution in [1.82, 2.24) is 4.90 Å². The molecule has 2 unspecified atom stereocenters. The molecule has 1 heterocycles. The molecular formula is C17H27NO. The van der Waals surface area contributed by atoms with Gasteiger partial charge in [0.15, 0.2) is 0 Å². The van der Waals surface area contributed by atoms with Crippen molar-refractivity contribution in [3.63, 3.8) is 0 Å². The second kappa shape index (κ2) is 6.06. The Morgan fingerprint density at radius 1 is 1.32 bits per heavy atom. The van der Waals surface area contributed by atoms with Crippen LogP contribution in [0.15, 0.2) is 30.3 Å². The SMILES string of the molecule is CC(C)C1CCCN1CC(C)(CO)c1ccccc1. The summed E-state index contributed by atoms with van der Waals surface area (Å²) in [7, 11) is 0. The minimum atomic E-state index is -0.154. The fraction of sp³-hybridized carbons (Fsp3) is 0.647. The van der Waals surface area contributed by atoms with Gasteiger partial charge in [-0.2, -0.15) is 0 Å². The van der Waals surface area contributed by atoms with Crippen molar-refractivity contribution in [3.05, 3.63) is 35.9 Å². The minimum absolute atomic E-state index is 0.154. The minimum Gasteiger partial charge on any atom is -0.395 e. The van der Waals surface area contributed by atoms with Gasteiger partial charge in [0.05, 0.1) is 6.61 Å². The Labute approximate surface area is 117 Å². The van der Waals surface area contributed by atoms with E-state index < -0.39 is 0 Å². The molecule has 2 nitrogen and oxygen atoms in total. The van der Waals surface area contributed by atoms with Gasteiger partial charge in [-0.15, -0.1) is 0 Å². The molecule has 1 fully saturated rings. The largest absolute Gasteiger partial charge is 0.395 e. The van der Waals surface area contributed by atoms with Gasteiger partial charge in [-0.25, -0.2) is 0 Å². The Morgan fingerprint density at radius 3 is 2.58 bits per heavy atom. The molecule has 0 saturated carbocycles. The third-order valence-electron chi connectivity index (χ3n) is 4.56. The molecule has 1 saturated heterocycles. The standard InChI is InChI=1S/C17H27NO/c1-14(2)16-10-7-11-18(16)12-17(3,13-19)15-8-5-4-6-9-15/h4-6,8-9,14,16,19H,7,10-13H2,1-3H3. The van der Waals surface area contributed by atoms with E-state index in [9.17, 15) is 5.11 Å². The second-order valence-corrected chi connectivity index (χ2v) is 6.51. The summed E-state index contributed by atoms with van der Waals surface area (Å²) in [6.07, 6.45) is 2.59. The first-order chi connectivity index (χ1) is 9.07. The fourth-order valence-electron chi connectivity index (χ4n) is 3.32. The summed E-state index contributed by atoms with van der Waals surface area (Å²) in [4.78, 5) is 2.58. The highest BCUT2D eigenvalue weighted by Crippen LogP contribution is 2.30. The fourth-order valence-corrected chi connectivity index (χ4v) is 3.32. The second-order valence-electron chi connectivity index (χ2n) is 6.51.